The molecule has 2 aromatic carbocycles. The van der Waals surface area contributed by atoms with Crippen LogP contribution in [0.1, 0.15) is 24.5 Å². The summed E-state index contributed by atoms with van der Waals surface area (Å²) < 4.78 is 5.31. The maximum atomic E-state index is 12.4. The van der Waals surface area contributed by atoms with Gasteiger partial charge in [0.15, 0.2) is 0 Å². The zero-order valence-corrected chi connectivity index (χ0v) is 16.4. The zero-order valence-electron chi connectivity index (χ0n) is 14.9. The molecule has 0 heterocycles. The molecule has 0 spiro atoms. The second-order valence-corrected chi connectivity index (χ2v) is 6.59. The van der Waals surface area contributed by atoms with E-state index in [1.54, 1.807) is 49.4 Å². The van der Waals surface area contributed by atoms with Crippen LogP contribution in [0.15, 0.2) is 42.0 Å². The van der Waals surface area contributed by atoms with Crippen LogP contribution >= 0.6 is 23.2 Å². The minimum atomic E-state index is -0.968. The first kappa shape index (κ1) is 20.8. The molecule has 0 saturated heterocycles. The van der Waals surface area contributed by atoms with Crippen molar-refractivity contribution in [3.63, 3.8) is 0 Å². The van der Waals surface area contributed by atoms with Crippen molar-refractivity contribution in [3.05, 3.63) is 63.1 Å². The lowest BCUT2D eigenvalue weighted by Gasteiger charge is -2.11. The van der Waals surface area contributed by atoms with Crippen molar-refractivity contribution in [2.24, 2.45) is 0 Å². The Kier molecular flexibility index (Phi) is 7.28. The van der Waals surface area contributed by atoms with Gasteiger partial charge in [-0.15, -0.1) is 0 Å². The van der Waals surface area contributed by atoms with Crippen LogP contribution in [0.25, 0.3) is 6.08 Å². The Labute approximate surface area is 167 Å². The average Bonchev–Trinajstić information content (AvgIpc) is 2.62. The molecule has 2 rings (SSSR count). The summed E-state index contributed by atoms with van der Waals surface area (Å²) in [6.45, 7) is 1.77. The molecule has 0 bridgehead atoms. The summed E-state index contributed by atoms with van der Waals surface area (Å²) in [5.74, 6) is -0.713. The predicted octanol–water partition coefficient (Wildman–Crippen LogP) is 5.06. The number of halogens is 2. The highest BCUT2D eigenvalue weighted by molar-refractivity contribution is 6.36. The second kappa shape index (κ2) is 9.44. The number of methoxy groups -OCH3 is 1. The number of carboxylic acid groups (broad SMARTS) is 1. The molecule has 2 N–H and O–H groups in total. The number of aliphatic carboxylic acids is 1. The smallest absolute Gasteiger partial charge is 0.331 e. The molecule has 0 aliphatic carbocycles. The van der Waals surface area contributed by atoms with Crippen LogP contribution in [0.3, 0.4) is 0 Å². The molecule has 142 valence electrons. The molecular formula is C20H19Cl2NO4. The number of carboxylic acids is 1. The molecule has 0 unspecified atom stereocenters. The van der Waals surface area contributed by atoms with E-state index in [0.717, 1.165) is 0 Å². The van der Waals surface area contributed by atoms with E-state index in [-0.39, 0.29) is 17.9 Å². The van der Waals surface area contributed by atoms with E-state index in [1.165, 1.54) is 7.11 Å². The summed E-state index contributed by atoms with van der Waals surface area (Å²) >= 11 is 11.9. The molecule has 0 radical (unpaired) electrons. The number of ether oxygens (including phenoxy) is 1. The largest absolute Gasteiger partial charge is 0.496 e. The van der Waals surface area contributed by atoms with E-state index < -0.39 is 5.97 Å². The molecule has 0 atom stereocenters. The Bertz CT molecular complexity index is 894. The van der Waals surface area contributed by atoms with E-state index in [9.17, 15) is 14.7 Å². The molecule has 0 fully saturated rings. The van der Waals surface area contributed by atoms with E-state index in [1.807, 2.05) is 0 Å². The van der Waals surface area contributed by atoms with Gasteiger partial charge < -0.3 is 15.2 Å². The van der Waals surface area contributed by atoms with Gasteiger partial charge in [0.2, 0.25) is 5.91 Å². The fourth-order valence-electron chi connectivity index (χ4n) is 2.50. The fourth-order valence-corrected chi connectivity index (χ4v) is 2.96. The molecule has 5 nitrogen and oxygen atoms in total. The Morgan fingerprint density at radius 3 is 2.52 bits per heavy atom. The van der Waals surface area contributed by atoms with E-state index >= 15 is 0 Å². The first-order valence-corrected chi connectivity index (χ1v) is 8.95. The van der Waals surface area contributed by atoms with Crippen molar-refractivity contribution in [1.82, 2.24) is 0 Å². The third-order valence-corrected chi connectivity index (χ3v) is 4.40. The van der Waals surface area contributed by atoms with Crippen LogP contribution in [0, 0.1) is 0 Å². The Morgan fingerprint density at radius 2 is 1.93 bits per heavy atom. The van der Waals surface area contributed by atoms with E-state index in [0.29, 0.717) is 39.0 Å². The average molecular weight is 408 g/mol. The molecule has 27 heavy (non-hydrogen) atoms. The number of nitrogens with one attached hydrogen (secondary N) is 1. The zero-order chi connectivity index (χ0) is 20.0. The molecule has 0 aliphatic heterocycles. The van der Waals surface area contributed by atoms with Crippen molar-refractivity contribution in [3.8, 4) is 5.75 Å². The van der Waals surface area contributed by atoms with Gasteiger partial charge in [-0.05, 0) is 48.4 Å². The van der Waals surface area contributed by atoms with Crippen LogP contribution in [0.2, 0.25) is 10.0 Å². The molecule has 0 aliphatic rings. The number of carbonyl (C=O) groups excluding carboxylic acids is 1. The number of benzene rings is 2. The summed E-state index contributed by atoms with van der Waals surface area (Å²) in [5, 5.41) is 12.7. The van der Waals surface area contributed by atoms with Gasteiger partial charge in [0, 0.05) is 16.2 Å². The van der Waals surface area contributed by atoms with Gasteiger partial charge in [-0.3, -0.25) is 4.79 Å². The topological polar surface area (TPSA) is 75.6 Å². The normalized spacial score (nSPS) is 11.2. The minimum Gasteiger partial charge on any atom is -0.496 e. The van der Waals surface area contributed by atoms with Crippen LogP contribution in [-0.2, 0) is 16.0 Å². The number of hydrogen-bond acceptors (Lipinski definition) is 3. The molecule has 7 heteroatoms. The van der Waals surface area contributed by atoms with Crippen LogP contribution in [-0.4, -0.2) is 24.1 Å². The number of carbonyl (C=O) groups is 2. The summed E-state index contributed by atoms with van der Waals surface area (Å²) in [7, 11) is 1.51. The summed E-state index contributed by atoms with van der Waals surface area (Å²) in [6.07, 6.45) is 2.02. The van der Waals surface area contributed by atoms with Crippen molar-refractivity contribution in [2.45, 2.75) is 19.8 Å². The predicted molar refractivity (Wildman–Crippen MR) is 108 cm³/mol. The van der Waals surface area contributed by atoms with Gasteiger partial charge in [0.1, 0.15) is 5.75 Å². The number of hydrogen-bond donors (Lipinski definition) is 2. The summed E-state index contributed by atoms with van der Waals surface area (Å²) in [4.78, 5) is 23.6. The highest BCUT2D eigenvalue weighted by atomic mass is 35.5. The van der Waals surface area contributed by atoms with Crippen LogP contribution in [0.4, 0.5) is 5.69 Å². The molecule has 2 aromatic rings. The third kappa shape index (κ3) is 5.74. The molecule has 1 amide bonds. The summed E-state index contributed by atoms with van der Waals surface area (Å²) in [5.41, 5.74) is 2.06. The Morgan fingerprint density at radius 1 is 1.19 bits per heavy atom. The van der Waals surface area contributed by atoms with E-state index in [4.69, 9.17) is 27.9 Å². The minimum absolute atomic E-state index is 0.0400. The highest BCUT2D eigenvalue weighted by Crippen LogP contribution is 2.27. The van der Waals surface area contributed by atoms with Gasteiger partial charge in [-0.25, -0.2) is 4.79 Å². The maximum absolute atomic E-state index is 12.4. The third-order valence-electron chi connectivity index (χ3n) is 3.86. The van der Waals surface area contributed by atoms with Gasteiger partial charge in [0.25, 0.3) is 0 Å². The Hall–Kier alpha value is -2.50. The lowest BCUT2D eigenvalue weighted by molar-refractivity contribution is -0.132. The monoisotopic (exact) mass is 407 g/mol. The van der Waals surface area contributed by atoms with Gasteiger partial charge >= 0.3 is 5.97 Å². The lowest BCUT2D eigenvalue weighted by Crippen LogP contribution is -2.15. The SMILES string of the molecule is CCC(=Cc1ccc(OC)c(CC(=O)Nc2ccc(Cl)cc2Cl)c1)C(=O)O. The first-order valence-electron chi connectivity index (χ1n) is 8.19. The first-order chi connectivity index (χ1) is 12.8. The number of amides is 1. The number of anilines is 1. The summed E-state index contributed by atoms with van der Waals surface area (Å²) in [6, 6.07) is 9.99. The van der Waals surface area contributed by atoms with Crippen LogP contribution < -0.4 is 10.1 Å². The second-order valence-electron chi connectivity index (χ2n) is 5.75. The maximum Gasteiger partial charge on any atom is 0.331 e. The lowest BCUT2D eigenvalue weighted by atomic mass is 10.0. The Balaban J connectivity index is 2.24. The van der Waals surface area contributed by atoms with Gasteiger partial charge in [-0.2, -0.15) is 0 Å². The van der Waals surface area contributed by atoms with Gasteiger partial charge in [-0.1, -0.05) is 36.2 Å². The van der Waals surface area contributed by atoms with Crippen LogP contribution in [0.5, 0.6) is 5.75 Å². The van der Waals surface area contributed by atoms with Crippen molar-refractivity contribution >= 4 is 46.8 Å². The fraction of sp³-hybridized carbons (Fsp3) is 0.200. The van der Waals surface area contributed by atoms with Crippen molar-refractivity contribution in [2.75, 3.05) is 12.4 Å². The molecule has 0 aromatic heterocycles. The quantitative estimate of drug-likeness (QED) is 0.628. The molecule has 0 saturated carbocycles. The van der Waals surface area contributed by atoms with Crippen molar-refractivity contribution in [1.29, 1.82) is 0 Å². The highest BCUT2D eigenvalue weighted by Gasteiger charge is 2.12. The van der Waals surface area contributed by atoms with Gasteiger partial charge in [0.05, 0.1) is 24.2 Å². The van der Waals surface area contributed by atoms with E-state index in [2.05, 4.69) is 5.32 Å². The molecular weight excluding hydrogens is 389 g/mol. The number of rotatable bonds is 7. The standard InChI is InChI=1S/C20H19Cl2NO4/c1-3-13(20(25)26)8-12-4-7-18(27-2)14(9-12)10-19(24)23-17-6-5-15(21)11-16(17)22/h4-9,11H,3,10H2,1-2H3,(H,23,24)(H,25,26). The van der Waals surface area contributed by atoms with Crippen molar-refractivity contribution < 1.29 is 19.4 Å².